The number of phenols is 1. The van der Waals surface area contributed by atoms with Crippen molar-refractivity contribution in [1.29, 1.82) is 0 Å². The number of hydrazine groups is 1. The van der Waals surface area contributed by atoms with Crippen LogP contribution in [-0.4, -0.2) is 40.9 Å². The molecule has 2 aromatic rings. The van der Waals surface area contributed by atoms with Crippen LogP contribution in [0.1, 0.15) is 28.4 Å². The number of benzene rings is 2. The van der Waals surface area contributed by atoms with Crippen LogP contribution < -0.4 is 21.9 Å². The number of nitrogens with two attached hydrogens (primary N) is 1. The van der Waals surface area contributed by atoms with Gasteiger partial charge < -0.3 is 26.3 Å². The summed E-state index contributed by atoms with van der Waals surface area (Å²) in [5.74, 6) is 2.67. The molecule has 0 fully saturated rings. The highest BCUT2D eigenvalue weighted by Gasteiger charge is 2.21. The summed E-state index contributed by atoms with van der Waals surface area (Å²) < 4.78 is 0.612. The Bertz CT molecular complexity index is 966. The number of phenolic OH excluding ortho intramolecular Hbond substituents is 1. The van der Waals surface area contributed by atoms with Crippen LogP contribution in [0.25, 0.3) is 0 Å². The molecule has 2 aromatic carbocycles. The number of carboxylic acid groups (broad SMARTS) is 1. The second kappa shape index (κ2) is 10.9. The van der Waals surface area contributed by atoms with Crippen molar-refractivity contribution in [3.63, 3.8) is 0 Å². The number of nitrogens with one attached hydrogen (secondary N) is 3. The van der Waals surface area contributed by atoms with Crippen molar-refractivity contribution in [3.05, 3.63) is 58.1 Å². The van der Waals surface area contributed by atoms with Crippen LogP contribution in [0.4, 0.5) is 5.69 Å². The molecular weight excluding hydrogens is 458 g/mol. The van der Waals surface area contributed by atoms with Gasteiger partial charge in [-0.15, -0.1) is 0 Å². The Morgan fingerprint density at radius 2 is 1.97 bits per heavy atom. The van der Waals surface area contributed by atoms with Gasteiger partial charge in [-0.25, -0.2) is 10.8 Å². The van der Waals surface area contributed by atoms with Crippen LogP contribution in [0.3, 0.4) is 0 Å². The molecule has 1 unspecified atom stereocenters. The molecule has 2 rings (SSSR count). The summed E-state index contributed by atoms with van der Waals surface area (Å²) in [6.07, 6.45) is 0.809. The molecule has 0 aliphatic carbocycles. The minimum absolute atomic E-state index is 0.155. The Kier molecular flexibility index (Phi) is 8.32. The third kappa shape index (κ3) is 6.87. The van der Waals surface area contributed by atoms with Crippen LogP contribution in [0.2, 0.25) is 0 Å². The third-order valence-corrected chi connectivity index (χ3v) is 4.38. The topological polar surface area (TPSA) is 166 Å². The Balaban J connectivity index is 2.03. The number of aliphatic carboxylic acids is 1. The molecule has 0 aliphatic heterocycles. The standard InChI is InChI=1S/C19H20BrN5O5/c20-12-4-5-16(26)14(7-12)15(8-18(28)29)25-17(27)9-22-19(30)11-2-1-3-13(6-11)23-10-24-21/h1-7,10,15,26H,8-9,21H2,(H,22,30)(H,23,24)(H,25,27)(H,28,29). The van der Waals surface area contributed by atoms with Gasteiger partial charge in [-0.3, -0.25) is 14.4 Å². The lowest BCUT2D eigenvalue weighted by Gasteiger charge is -2.19. The zero-order valence-corrected chi connectivity index (χ0v) is 17.2. The molecule has 30 heavy (non-hydrogen) atoms. The van der Waals surface area contributed by atoms with Gasteiger partial charge >= 0.3 is 5.97 Å². The Hall–Kier alpha value is -3.44. The second-order valence-corrected chi connectivity index (χ2v) is 6.99. The van der Waals surface area contributed by atoms with Crippen LogP contribution in [0.5, 0.6) is 5.75 Å². The fourth-order valence-electron chi connectivity index (χ4n) is 2.57. The average Bonchev–Trinajstić information content (AvgIpc) is 2.71. The smallest absolute Gasteiger partial charge is 0.305 e. The van der Waals surface area contributed by atoms with E-state index >= 15 is 0 Å². The highest BCUT2D eigenvalue weighted by molar-refractivity contribution is 9.10. The number of hydrogen-bond donors (Lipinski definition) is 6. The minimum atomic E-state index is -1.16. The van der Waals surface area contributed by atoms with Gasteiger partial charge in [0.1, 0.15) is 12.1 Å². The summed E-state index contributed by atoms with van der Waals surface area (Å²) in [6.45, 7) is -0.387. The van der Waals surface area contributed by atoms with E-state index in [-0.39, 0.29) is 23.4 Å². The van der Waals surface area contributed by atoms with E-state index in [1.54, 1.807) is 24.3 Å². The first-order valence-electron chi connectivity index (χ1n) is 8.66. The summed E-state index contributed by atoms with van der Waals surface area (Å²) in [7, 11) is 0. The Morgan fingerprint density at radius 1 is 1.20 bits per heavy atom. The van der Waals surface area contributed by atoms with E-state index < -0.39 is 30.2 Å². The molecule has 1 atom stereocenters. The molecule has 10 nitrogen and oxygen atoms in total. The molecule has 0 saturated carbocycles. The number of hydrogen-bond acceptors (Lipinski definition) is 6. The number of carboxylic acids is 1. The second-order valence-electron chi connectivity index (χ2n) is 6.08. The molecule has 0 radical (unpaired) electrons. The Morgan fingerprint density at radius 3 is 2.67 bits per heavy atom. The van der Waals surface area contributed by atoms with Crippen molar-refractivity contribution in [3.8, 4) is 5.75 Å². The predicted molar refractivity (Wildman–Crippen MR) is 113 cm³/mol. The van der Waals surface area contributed by atoms with Gasteiger partial charge in [-0.1, -0.05) is 22.0 Å². The monoisotopic (exact) mass is 477 g/mol. The van der Waals surface area contributed by atoms with Crippen molar-refractivity contribution >= 4 is 45.7 Å². The first kappa shape index (κ1) is 22.8. The van der Waals surface area contributed by atoms with Crippen LogP contribution in [-0.2, 0) is 9.59 Å². The fourth-order valence-corrected chi connectivity index (χ4v) is 2.94. The summed E-state index contributed by atoms with van der Waals surface area (Å²) in [5, 5.41) is 24.1. The molecule has 7 N–H and O–H groups in total. The third-order valence-electron chi connectivity index (χ3n) is 3.88. The highest BCUT2D eigenvalue weighted by atomic mass is 79.9. The van der Waals surface area contributed by atoms with Crippen LogP contribution in [0, 0.1) is 0 Å². The van der Waals surface area contributed by atoms with Gasteiger partial charge in [0.25, 0.3) is 5.91 Å². The summed E-state index contributed by atoms with van der Waals surface area (Å²) in [5.41, 5.74) is 3.25. The van der Waals surface area contributed by atoms with E-state index in [0.29, 0.717) is 10.2 Å². The van der Waals surface area contributed by atoms with E-state index in [2.05, 4.69) is 37.0 Å². The molecule has 0 saturated heterocycles. The van der Waals surface area contributed by atoms with E-state index in [1.165, 1.54) is 24.5 Å². The van der Waals surface area contributed by atoms with Gasteiger partial charge in [0, 0.05) is 15.6 Å². The lowest BCUT2D eigenvalue weighted by molar-refractivity contribution is -0.137. The van der Waals surface area contributed by atoms with Gasteiger partial charge in [0.15, 0.2) is 0 Å². The van der Waals surface area contributed by atoms with Gasteiger partial charge in [-0.2, -0.15) is 0 Å². The summed E-state index contributed by atoms with van der Waals surface area (Å²) in [6, 6.07) is 9.85. The molecule has 11 heteroatoms. The van der Waals surface area contributed by atoms with E-state index in [1.807, 2.05) is 0 Å². The van der Waals surface area contributed by atoms with E-state index in [0.717, 1.165) is 0 Å². The molecule has 158 valence electrons. The predicted octanol–water partition coefficient (Wildman–Crippen LogP) is 1.34. The number of aromatic hydroxyl groups is 1. The normalized spacial score (nSPS) is 11.7. The first-order valence-corrected chi connectivity index (χ1v) is 9.46. The van der Waals surface area contributed by atoms with Crippen molar-refractivity contribution < 1.29 is 24.6 Å². The number of carbonyl (C=O) groups is 3. The zero-order chi connectivity index (χ0) is 22.1. The van der Waals surface area contributed by atoms with Gasteiger partial charge in [0.05, 0.1) is 24.7 Å². The molecular formula is C19H20BrN5O5. The quantitative estimate of drug-likeness (QED) is 0.137. The average molecular weight is 478 g/mol. The van der Waals surface area contributed by atoms with E-state index in [4.69, 9.17) is 10.9 Å². The fraction of sp³-hybridized carbons (Fsp3) is 0.158. The molecule has 0 aromatic heterocycles. The number of carbonyl (C=O) groups excluding carboxylic acids is 2. The zero-order valence-electron chi connectivity index (χ0n) is 15.6. The number of amides is 2. The Labute approximate surface area is 180 Å². The lowest BCUT2D eigenvalue weighted by atomic mass is 10.0. The highest BCUT2D eigenvalue weighted by Crippen LogP contribution is 2.29. The first-order chi connectivity index (χ1) is 14.3. The number of halogens is 1. The molecule has 0 aliphatic rings. The maximum Gasteiger partial charge on any atom is 0.305 e. The van der Waals surface area contributed by atoms with Gasteiger partial charge in [0.2, 0.25) is 5.91 Å². The lowest BCUT2D eigenvalue weighted by Crippen LogP contribution is -2.39. The van der Waals surface area contributed by atoms with Gasteiger partial charge in [-0.05, 0) is 36.4 Å². The minimum Gasteiger partial charge on any atom is -0.508 e. The number of aliphatic imine (C=N–C) groups is 1. The largest absolute Gasteiger partial charge is 0.508 e. The SMILES string of the molecule is NNC=Nc1cccc(C(=O)NCC(=O)NC(CC(=O)O)c2cc(Br)ccc2O)c1. The molecule has 0 bridgehead atoms. The molecule has 0 spiro atoms. The molecule has 2 amide bonds. The van der Waals surface area contributed by atoms with Crippen molar-refractivity contribution in [2.45, 2.75) is 12.5 Å². The number of nitrogens with zero attached hydrogens (tertiary/aromatic N) is 1. The van der Waals surface area contributed by atoms with Crippen molar-refractivity contribution in [2.24, 2.45) is 10.8 Å². The molecule has 0 heterocycles. The summed E-state index contributed by atoms with van der Waals surface area (Å²) in [4.78, 5) is 39.7. The number of rotatable bonds is 9. The maximum atomic E-state index is 12.3. The summed E-state index contributed by atoms with van der Waals surface area (Å²) >= 11 is 3.25. The maximum absolute atomic E-state index is 12.3. The van der Waals surface area contributed by atoms with Crippen molar-refractivity contribution in [1.82, 2.24) is 16.1 Å². The van der Waals surface area contributed by atoms with Crippen LogP contribution in [0.15, 0.2) is 51.9 Å². The van der Waals surface area contributed by atoms with Crippen LogP contribution >= 0.6 is 15.9 Å². The van der Waals surface area contributed by atoms with E-state index in [9.17, 15) is 19.5 Å². The van der Waals surface area contributed by atoms with Crippen molar-refractivity contribution in [2.75, 3.05) is 6.54 Å².